The summed E-state index contributed by atoms with van der Waals surface area (Å²) in [6, 6.07) is 12.2. The lowest BCUT2D eigenvalue weighted by Crippen LogP contribution is -2.82. The van der Waals surface area contributed by atoms with Gasteiger partial charge in [-0.25, -0.2) is 0 Å². The third kappa shape index (κ3) is 8.23. The molecule has 0 radical (unpaired) electrons. The van der Waals surface area contributed by atoms with Crippen LogP contribution >= 0.6 is 23.2 Å². The third-order valence-electron chi connectivity index (χ3n) is 3.15. The number of hydrogen-bond acceptors (Lipinski definition) is 3. The maximum Gasteiger partial charge on any atom is 0.0762 e. The fourth-order valence-electron chi connectivity index (χ4n) is 1.99. The number of nitrogens with one attached hydrogen (secondary N) is 1. The third-order valence-corrected chi connectivity index (χ3v) is 3.78. The van der Waals surface area contributed by atoms with Gasteiger partial charge < -0.3 is 26.0 Å². The van der Waals surface area contributed by atoms with E-state index in [1.807, 2.05) is 0 Å². The summed E-state index contributed by atoms with van der Waals surface area (Å²) in [5.41, 5.74) is 1.80. The molecule has 0 spiro atoms. The van der Waals surface area contributed by atoms with Crippen molar-refractivity contribution in [2.75, 3.05) is 18.4 Å². The van der Waals surface area contributed by atoms with E-state index >= 15 is 0 Å². The molecule has 0 aliphatic carbocycles. The van der Waals surface area contributed by atoms with Crippen molar-refractivity contribution in [3.63, 3.8) is 0 Å². The zero-order chi connectivity index (χ0) is 17.9. The summed E-state index contributed by atoms with van der Waals surface area (Å²) < 4.78 is 0. The Labute approximate surface area is 158 Å². The molecular weight excluding hydrogens is 363 g/mol. The molecule has 138 valence electrons. The SMILES string of the molecule is CC[NH2+]CC.O.O=C([O-])Cc1ccccc1Nc1c(Cl)cccc1Cl. The Hall–Kier alpha value is -1.79. The van der Waals surface area contributed by atoms with Crippen LogP contribution in [0, 0.1) is 0 Å². The number of nitrogens with two attached hydrogens (primary N) is 1. The Balaban J connectivity index is 0.000000848. The molecule has 0 saturated heterocycles. The van der Waals surface area contributed by atoms with Crippen LogP contribution in [-0.2, 0) is 11.2 Å². The number of para-hydroxylation sites is 2. The second-order valence-electron chi connectivity index (χ2n) is 5.03. The fourth-order valence-corrected chi connectivity index (χ4v) is 2.48. The van der Waals surface area contributed by atoms with Gasteiger partial charge in [-0.3, -0.25) is 0 Å². The highest BCUT2D eigenvalue weighted by molar-refractivity contribution is 6.39. The number of halogens is 2. The second-order valence-corrected chi connectivity index (χ2v) is 5.85. The molecule has 0 amide bonds. The maximum atomic E-state index is 10.7. The molecule has 25 heavy (non-hydrogen) atoms. The molecule has 0 bridgehead atoms. The number of rotatable bonds is 6. The standard InChI is InChI=1S/C14H11Cl2NO2.C4H11N.H2O/c15-10-5-3-6-11(16)14(10)17-12-7-2-1-4-9(12)8-13(18)19;1-3-5-4-2;/h1-7,17H,8H2,(H,18,19);5H,3-4H2,1-2H3;1H2. The van der Waals surface area contributed by atoms with Crippen molar-refractivity contribution in [3.05, 3.63) is 58.1 Å². The minimum atomic E-state index is -1.14. The van der Waals surface area contributed by atoms with Gasteiger partial charge in [0.25, 0.3) is 0 Å². The molecule has 0 heterocycles. The molecule has 5 N–H and O–H groups in total. The van der Waals surface area contributed by atoms with E-state index in [9.17, 15) is 9.90 Å². The highest BCUT2D eigenvalue weighted by Gasteiger charge is 2.08. The molecule has 0 aromatic heterocycles. The number of carboxylic acids is 1. The average molecular weight is 387 g/mol. The minimum Gasteiger partial charge on any atom is -0.550 e. The first-order chi connectivity index (χ1) is 11.5. The molecule has 0 aliphatic rings. The zero-order valence-corrected chi connectivity index (χ0v) is 15.8. The van der Waals surface area contributed by atoms with Gasteiger partial charge in [0.15, 0.2) is 0 Å². The topological polar surface area (TPSA) is 100 Å². The first-order valence-corrected chi connectivity index (χ1v) is 8.55. The van der Waals surface area contributed by atoms with Crippen molar-refractivity contribution in [2.24, 2.45) is 0 Å². The number of aliphatic carboxylic acids is 1. The van der Waals surface area contributed by atoms with Crippen molar-refractivity contribution in [3.8, 4) is 0 Å². The van der Waals surface area contributed by atoms with Crippen LogP contribution in [0.1, 0.15) is 19.4 Å². The normalized spacial score (nSPS) is 9.44. The summed E-state index contributed by atoms with van der Waals surface area (Å²) in [4.78, 5) is 10.7. The monoisotopic (exact) mass is 386 g/mol. The van der Waals surface area contributed by atoms with Crippen molar-refractivity contribution >= 4 is 40.5 Å². The summed E-state index contributed by atoms with van der Waals surface area (Å²) in [5, 5.41) is 17.0. The highest BCUT2D eigenvalue weighted by Crippen LogP contribution is 2.33. The lowest BCUT2D eigenvalue weighted by molar-refractivity contribution is -0.648. The largest absolute Gasteiger partial charge is 0.550 e. The van der Waals surface area contributed by atoms with Crippen LogP contribution in [0.15, 0.2) is 42.5 Å². The molecule has 2 aromatic carbocycles. The van der Waals surface area contributed by atoms with Crippen LogP contribution in [0.5, 0.6) is 0 Å². The van der Waals surface area contributed by atoms with Crippen LogP contribution in [0.2, 0.25) is 10.0 Å². The smallest absolute Gasteiger partial charge is 0.0762 e. The molecule has 2 rings (SSSR count). The van der Waals surface area contributed by atoms with Crippen LogP contribution in [0.3, 0.4) is 0 Å². The van der Waals surface area contributed by atoms with Crippen LogP contribution in [-0.4, -0.2) is 24.5 Å². The van der Waals surface area contributed by atoms with Gasteiger partial charge in [0.2, 0.25) is 0 Å². The zero-order valence-electron chi connectivity index (χ0n) is 14.3. The Bertz CT molecular complexity index is 644. The van der Waals surface area contributed by atoms with Gasteiger partial charge in [0, 0.05) is 18.1 Å². The van der Waals surface area contributed by atoms with Crippen molar-refractivity contribution in [1.29, 1.82) is 0 Å². The summed E-state index contributed by atoms with van der Waals surface area (Å²) in [6.07, 6.45) is -0.175. The summed E-state index contributed by atoms with van der Waals surface area (Å²) in [6.45, 7) is 6.75. The molecule has 0 unspecified atom stereocenters. The number of anilines is 2. The molecule has 5 nitrogen and oxygen atoms in total. The predicted octanol–water partition coefficient (Wildman–Crippen LogP) is 1.79. The fraction of sp³-hybridized carbons (Fsp3) is 0.278. The number of benzene rings is 2. The van der Waals surface area contributed by atoms with Gasteiger partial charge in [-0.05, 0) is 37.6 Å². The summed E-state index contributed by atoms with van der Waals surface area (Å²) >= 11 is 12.1. The van der Waals surface area contributed by atoms with Gasteiger partial charge in [-0.1, -0.05) is 47.5 Å². The van der Waals surface area contributed by atoms with Gasteiger partial charge >= 0.3 is 0 Å². The van der Waals surface area contributed by atoms with Crippen molar-refractivity contribution in [2.45, 2.75) is 20.3 Å². The maximum absolute atomic E-state index is 10.7. The summed E-state index contributed by atoms with van der Waals surface area (Å²) in [7, 11) is 0. The number of hydrogen-bond donors (Lipinski definition) is 2. The lowest BCUT2D eigenvalue weighted by Gasteiger charge is -2.14. The molecule has 7 heteroatoms. The summed E-state index contributed by atoms with van der Waals surface area (Å²) in [5.74, 6) is -1.14. The lowest BCUT2D eigenvalue weighted by atomic mass is 10.1. The predicted molar refractivity (Wildman–Crippen MR) is 102 cm³/mol. The molecule has 0 saturated carbocycles. The van der Waals surface area contributed by atoms with E-state index in [0.29, 0.717) is 27.0 Å². The van der Waals surface area contributed by atoms with Gasteiger partial charge in [-0.2, -0.15) is 0 Å². The first kappa shape index (κ1) is 23.2. The molecule has 2 aromatic rings. The Morgan fingerprint density at radius 2 is 1.60 bits per heavy atom. The molecular formula is C18H24Cl2N2O3. The number of quaternary nitrogens is 1. The van der Waals surface area contributed by atoms with Gasteiger partial charge in [0.1, 0.15) is 0 Å². The molecule has 0 atom stereocenters. The number of carboxylic acid groups (broad SMARTS) is 1. The van der Waals surface area contributed by atoms with Crippen LogP contribution in [0.25, 0.3) is 0 Å². The van der Waals surface area contributed by atoms with Gasteiger partial charge in [-0.15, -0.1) is 0 Å². The quantitative estimate of drug-likeness (QED) is 0.790. The van der Waals surface area contributed by atoms with E-state index in [-0.39, 0.29) is 11.9 Å². The van der Waals surface area contributed by atoms with E-state index in [0.717, 1.165) is 0 Å². The number of carbonyl (C=O) groups excluding carboxylic acids is 1. The Morgan fingerprint density at radius 1 is 1.04 bits per heavy atom. The van der Waals surface area contributed by atoms with Crippen molar-refractivity contribution in [1.82, 2.24) is 0 Å². The van der Waals surface area contributed by atoms with E-state index in [4.69, 9.17) is 23.2 Å². The Kier molecular flexibility index (Phi) is 11.7. The molecule has 0 aliphatic heterocycles. The first-order valence-electron chi connectivity index (χ1n) is 7.80. The second kappa shape index (κ2) is 12.6. The van der Waals surface area contributed by atoms with E-state index in [2.05, 4.69) is 24.5 Å². The van der Waals surface area contributed by atoms with Crippen molar-refractivity contribution < 1.29 is 20.7 Å². The van der Waals surface area contributed by atoms with E-state index in [1.165, 1.54) is 13.1 Å². The average Bonchev–Trinajstić information content (AvgIpc) is 2.53. The van der Waals surface area contributed by atoms with Crippen LogP contribution in [0.4, 0.5) is 11.4 Å². The van der Waals surface area contributed by atoms with Crippen LogP contribution < -0.4 is 15.7 Å². The Morgan fingerprint density at radius 3 is 2.08 bits per heavy atom. The number of carbonyl (C=O) groups is 1. The minimum absolute atomic E-state index is 0. The van der Waals surface area contributed by atoms with E-state index in [1.54, 1.807) is 42.5 Å². The highest BCUT2D eigenvalue weighted by atomic mass is 35.5. The van der Waals surface area contributed by atoms with Gasteiger partial charge in [0.05, 0.1) is 28.8 Å². The van der Waals surface area contributed by atoms with E-state index < -0.39 is 5.97 Å². The molecule has 0 fully saturated rings.